The molecule has 0 aromatic heterocycles. The van der Waals surface area contributed by atoms with E-state index in [2.05, 4.69) is 51.2 Å². The first-order valence-electron chi connectivity index (χ1n) is 25.2. The highest BCUT2D eigenvalue weighted by atomic mass is 32.2. The maximum atomic E-state index is 14.9. The zero-order chi connectivity index (χ0) is 59.0. The molecule has 0 heterocycles. The van der Waals surface area contributed by atoms with E-state index in [1.54, 1.807) is 36.4 Å². The molecule has 0 aliphatic rings. The van der Waals surface area contributed by atoms with Crippen molar-refractivity contribution in [2.75, 3.05) is 85.3 Å². The minimum Gasteiger partial charge on any atom is -0.493 e. The summed E-state index contributed by atoms with van der Waals surface area (Å²) in [4.78, 5) is 81.7. The molecule has 3 rings (SSSR count). The van der Waals surface area contributed by atoms with E-state index in [4.69, 9.17) is 89.7 Å². The van der Waals surface area contributed by atoms with Crippen LogP contribution in [-0.2, 0) is 9.59 Å². The van der Waals surface area contributed by atoms with Gasteiger partial charge in [0.2, 0.25) is 11.8 Å². The number of unbranched alkanes of at least 4 members (excludes halogenated alkanes) is 2. The van der Waals surface area contributed by atoms with Gasteiger partial charge in [-0.3, -0.25) is 49.1 Å². The molecule has 0 fully saturated rings. The fourth-order valence-corrected chi connectivity index (χ4v) is 8.79. The van der Waals surface area contributed by atoms with E-state index in [0.29, 0.717) is 84.3 Å². The summed E-state index contributed by atoms with van der Waals surface area (Å²) >= 11 is 2.48. The second kappa shape index (κ2) is 35.7. The monoisotopic (exact) mass is 1150 g/mol. The Balaban J connectivity index is 2.21. The maximum absolute atomic E-state index is 14.9. The number of aliphatic imine (C=N–C) groups is 6. The van der Waals surface area contributed by atoms with E-state index >= 15 is 0 Å². The zero-order valence-corrected chi connectivity index (χ0v) is 46.2. The lowest BCUT2D eigenvalue weighted by Gasteiger charge is -2.20. The van der Waals surface area contributed by atoms with Gasteiger partial charge in [0.15, 0.2) is 35.8 Å². The molecule has 32 N–H and O–H groups in total. The van der Waals surface area contributed by atoms with Crippen LogP contribution in [0.1, 0.15) is 72.1 Å². The number of thioether (sulfide) groups is 2. The number of nitrogens with one attached hydrogen (secondary N) is 4. The minimum absolute atomic E-state index is 0.0461. The van der Waals surface area contributed by atoms with Crippen molar-refractivity contribution < 1.29 is 28.7 Å². The van der Waals surface area contributed by atoms with E-state index in [1.807, 2.05) is 0 Å². The van der Waals surface area contributed by atoms with E-state index in [1.165, 1.54) is 35.7 Å². The van der Waals surface area contributed by atoms with Crippen molar-refractivity contribution in [2.24, 2.45) is 110 Å². The van der Waals surface area contributed by atoms with Crippen molar-refractivity contribution in [1.82, 2.24) is 0 Å². The third-order valence-electron chi connectivity index (χ3n) is 10.7. The van der Waals surface area contributed by atoms with Crippen molar-refractivity contribution in [3.8, 4) is 11.5 Å². The number of nitrogens with two attached hydrogens (primary N) is 14. The summed E-state index contributed by atoms with van der Waals surface area (Å²) in [5.41, 5.74) is 79.8. The minimum atomic E-state index is -0.942. The Kier molecular flexibility index (Phi) is 29.3. The van der Waals surface area contributed by atoms with Gasteiger partial charge in [0, 0.05) is 43.8 Å². The Morgan fingerprint density at radius 2 is 0.738 bits per heavy atom. The molecular weight excluding hydrogens is 1070 g/mol. The first-order chi connectivity index (χ1) is 38.2. The standard InChI is InChI=1S/C48H78N24O6S2/c49-29(9-7-17-65-45(55)56)41(75)71-33-13-5-11-31(37(33)79-23-19-67-47(59)60)69-39(73)27-25-28(36(78-22-4-2-16-64-44(53)54)26-35(27)77-21-3-1-15-63-43(51)52)40(74)70-32-12-6-14-34(38(32)80-24-20-68-48(61)62)72-42(76)30(50)10-8-18-66-46(57)58/h5-6,11-14,25-26,29-30H,1-4,7-10,15-24,49-50H2,(H,69,73)(H,70,74)(H,71,75)(H,72,76)(H4,51,52,63)(H4,53,54,64)(H4,55,56,65)(H4,57,58,66)(H4,59,60,67)(H4,61,62,68)/t29-,30-/m1/s1. The molecule has 2 atom stereocenters. The van der Waals surface area contributed by atoms with Crippen LogP contribution in [0.2, 0.25) is 0 Å². The van der Waals surface area contributed by atoms with Gasteiger partial charge in [0.05, 0.1) is 82.1 Å². The number of anilines is 4. The third-order valence-corrected chi connectivity index (χ3v) is 12.9. The number of ether oxygens (including phenoxy) is 2. The van der Waals surface area contributed by atoms with Crippen LogP contribution in [0.15, 0.2) is 88.3 Å². The predicted octanol–water partition coefficient (Wildman–Crippen LogP) is -1.57. The van der Waals surface area contributed by atoms with Crippen LogP contribution in [-0.4, -0.2) is 135 Å². The molecule has 0 bridgehead atoms. The molecule has 0 aliphatic carbocycles. The van der Waals surface area contributed by atoms with Gasteiger partial charge in [-0.25, -0.2) is 0 Å². The van der Waals surface area contributed by atoms with Gasteiger partial charge in [0.1, 0.15) is 11.5 Å². The lowest BCUT2D eigenvalue weighted by molar-refractivity contribution is -0.118. The van der Waals surface area contributed by atoms with Crippen LogP contribution in [0.4, 0.5) is 22.7 Å². The average Bonchev–Trinajstić information content (AvgIpc) is 3.39. The number of carbonyl (C=O) groups is 4. The molecule has 0 saturated heterocycles. The van der Waals surface area contributed by atoms with Crippen molar-refractivity contribution in [2.45, 2.75) is 73.2 Å². The molecule has 3 aromatic rings. The second-order valence-corrected chi connectivity index (χ2v) is 19.5. The Labute approximate surface area is 472 Å². The number of carbonyl (C=O) groups excluding carboxylic acids is 4. The van der Waals surface area contributed by atoms with Crippen molar-refractivity contribution in [3.63, 3.8) is 0 Å². The second-order valence-electron chi connectivity index (χ2n) is 17.2. The molecular formula is C48H78N24O6S2. The van der Waals surface area contributed by atoms with Gasteiger partial charge >= 0.3 is 0 Å². The number of benzene rings is 3. The van der Waals surface area contributed by atoms with Crippen LogP contribution >= 0.6 is 23.5 Å². The summed E-state index contributed by atoms with van der Waals surface area (Å²) in [5, 5.41) is 11.6. The topological polar surface area (TPSA) is 573 Å². The predicted molar refractivity (Wildman–Crippen MR) is 322 cm³/mol. The van der Waals surface area contributed by atoms with Gasteiger partial charge in [-0.05, 0) is 81.7 Å². The maximum Gasteiger partial charge on any atom is 0.259 e. The van der Waals surface area contributed by atoms with Crippen molar-refractivity contribution >= 4 is 106 Å². The first-order valence-corrected chi connectivity index (χ1v) is 27.2. The summed E-state index contributed by atoms with van der Waals surface area (Å²) in [7, 11) is 0. The Morgan fingerprint density at radius 1 is 0.425 bits per heavy atom. The Bertz CT molecular complexity index is 2520. The summed E-state index contributed by atoms with van der Waals surface area (Å²) in [6.45, 7) is 1.72. The normalized spacial score (nSPS) is 11.3. The molecule has 0 radical (unpaired) electrons. The number of nitrogens with zero attached hydrogens (tertiary/aromatic N) is 6. The molecule has 0 unspecified atom stereocenters. The Morgan fingerprint density at radius 3 is 1.07 bits per heavy atom. The number of hydrogen-bond donors (Lipinski definition) is 18. The molecule has 0 spiro atoms. The molecule has 80 heavy (non-hydrogen) atoms. The molecule has 4 amide bonds. The molecule has 0 aliphatic heterocycles. The SMILES string of the molecule is NC(N)=NCCCCOc1cc(OCCCCN=C(N)N)c(C(=O)Nc2cccc(NC(=O)[C@H](N)CCCN=C(N)N)c2SCCN=C(N)N)cc1C(=O)Nc1cccc(NC(=O)[C@H](N)CCCN=C(N)N)c1SCCN=C(N)N. The number of hydrogen-bond acceptors (Lipinski definition) is 16. The van der Waals surface area contributed by atoms with Crippen molar-refractivity contribution in [1.29, 1.82) is 0 Å². The lowest BCUT2D eigenvalue weighted by atomic mass is 10.1. The lowest BCUT2D eigenvalue weighted by Crippen LogP contribution is -2.36. The number of rotatable bonds is 36. The van der Waals surface area contributed by atoms with Gasteiger partial charge in [0.25, 0.3) is 11.8 Å². The van der Waals surface area contributed by atoms with Crippen LogP contribution < -0.4 is 111 Å². The number of guanidine groups is 6. The number of amides is 4. The van der Waals surface area contributed by atoms with Gasteiger partial charge in [-0.15, -0.1) is 23.5 Å². The van der Waals surface area contributed by atoms with Crippen LogP contribution in [0, 0.1) is 0 Å². The third kappa shape index (κ3) is 25.2. The summed E-state index contributed by atoms with van der Waals surface area (Å²) in [6.07, 6.45) is 3.33. The first kappa shape index (κ1) is 65.7. The summed E-state index contributed by atoms with van der Waals surface area (Å²) < 4.78 is 12.6. The van der Waals surface area contributed by atoms with Crippen LogP contribution in [0.25, 0.3) is 0 Å². The Hall–Kier alpha value is -8.62. The summed E-state index contributed by atoms with van der Waals surface area (Å²) in [6, 6.07) is 10.7. The van der Waals surface area contributed by atoms with E-state index < -0.39 is 35.7 Å². The highest BCUT2D eigenvalue weighted by Crippen LogP contribution is 2.39. The highest BCUT2D eigenvalue weighted by Gasteiger charge is 2.26. The van der Waals surface area contributed by atoms with E-state index in [0.717, 1.165) is 0 Å². The molecule has 30 nitrogen and oxygen atoms in total. The van der Waals surface area contributed by atoms with Crippen molar-refractivity contribution in [3.05, 3.63) is 59.7 Å². The largest absolute Gasteiger partial charge is 0.493 e. The van der Waals surface area contributed by atoms with E-state index in [-0.39, 0.29) is 122 Å². The smallest absolute Gasteiger partial charge is 0.259 e. The quantitative estimate of drug-likeness (QED) is 0.0135. The average molecular weight is 1150 g/mol. The van der Waals surface area contributed by atoms with Gasteiger partial charge in [-0.2, -0.15) is 0 Å². The molecule has 0 saturated carbocycles. The fraction of sp³-hybridized carbons (Fsp3) is 0.417. The molecule has 438 valence electrons. The highest BCUT2D eigenvalue weighted by molar-refractivity contribution is 7.99. The van der Waals surface area contributed by atoms with Crippen LogP contribution in [0.5, 0.6) is 11.5 Å². The molecule has 3 aromatic carbocycles. The summed E-state index contributed by atoms with van der Waals surface area (Å²) in [5.74, 6) is -2.30. The zero-order valence-electron chi connectivity index (χ0n) is 44.5. The van der Waals surface area contributed by atoms with Gasteiger partial charge in [-0.1, -0.05) is 12.1 Å². The van der Waals surface area contributed by atoms with Crippen LogP contribution in [0.3, 0.4) is 0 Å². The molecule has 32 heteroatoms. The van der Waals surface area contributed by atoms with E-state index in [9.17, 15) is 19.2 Å². The van der Waals surface area contributed by atoms with Gasteiger partial charge < -0.3 is 111 Å². The fourth-order valence-electron chi connectivity index (χ4n) is 6.92.